The van der Waals surface area contributed by atoms with E-state index in [-0.39, 0.29) is 17.2 Å². The smallest absolute Gasteiger partial charge is 0.253 e. The van der Waals surface area contributed by atoms with Gasteiger partial charge in [0.25, 0.3) is 5.91 Å². The second kappa shape index (κ2) is 5.88. The van der Waals surface area contributed by atoms with Gasteiger partial charge in [-0.1, -0.05) is 29.8 Å². The number of rotatable bonds is 1. The second-order valence-corrected chi connectivity index (χ2v) is 7.52. The molecule has 0 bridgehead atoms. The van der Waals surface area contributed by atoms with Crippen molar-refractivity contribution in [1.29, 1.82) is 0 Å². The van der Waals surface area contributed by atoms with Gasteiger partial charge in [-0.15, -0.1) is 0 Å². The van der Waals surface area contributed by atoms with Gasteiger partial charge >= 0.3 is 0 Å². The Morgan fingerprint density at radius 1 is 1.00 bits per heavy atom. The summed E-state index contributed by atoms with van der Waals surface area (Å²) < 4.78 is 0. The lowest BCUT2D eigenvalue weighted by atomic mass is 9.71. The van der Waals surface area contributed by atoms with Crippen LogP contribution in [0.2, 0.25) is 5.02 Å². The van der Waals surface area contributed by atoms with E-state index in [1.54, 1.807) is 31.2 Å². The first kappa shape index (κ1) is 16.2. The van der Waals surface area contributed by atoms with Gasteiger partial charge in [0.1, 0.15) is 0 Å². The Kier molecular flexibility index (Phi) is 3.80. The molecule has 0 unspecified atom stereocenters. The number of anilines is 1. The molecule has 0 radical (unpaired) electrons. The molecule has 0 saturated carbocycles. The maximum absolute atomic E-state index is 12.6. The Labute approximate surface area is 152 Å². The van der Waals surface area contributed by atoms with E-state index in [0.717, 1.165) is 12.1 Å². The van der Waals surface area contributed by atoms with Crippen LogP contribution in [0.4, 0.5) is 5.69 Å². The molecule has 25 heavy (non-hydrogen) atoms. The summed E-state index contributed by atoms with van der Waals surface area (Å²) in [4.78, 5) is 28.4. The van der Waals surface area contributed by atoms with Crippen molar-refractivity contribution >= 4 is 29.1 Å². The molecule has 0 atom stereocenters. The summed E-state index contributed by atoms with van der Waals surface area (Å²) in [5, 5.41) is 0.623. The number of fused-ring (bicyclic) bond motifs is 1. The average Bonchev–Trinajstić information content (AvgIpc) is 2.58. The lowest BCUT2D eigenvalue weighted by Gasteiger charge is -2.54. The molecule has 0 N–H and O–H groups in total. The Morgan fingerprint density at radius 3 is 2.36 bits per heavy atom. The van der Waals surface area contributed by atoms with E-state index >= 15 is 0 Å². The van der Waals surface area contributed by atoms with Crippen LogP contribution in [0, 0.1) is 5.41 Å². The lowest BCUT2D eigenvalue weighted by Crippen LogP contribution is -2.65. The third-order valence-electron chi connectivity index (χ3n) is 5.15. The van der Waals surface area contributed by atoms with Crippen molar-refractivity contribution in [2.75, 3.05) is 24.5 Å². The second-order valence-electron chi connectivity index (χ2n) is 7.08. The quantitative estimate of drug-likeness (QED) is 0.787. The first-order valence-corrected chi connectivity index (χ1v) is 8.76. The number of carbonyl (C=O) groups is 2. The first-order valence-electron chi connectivity index (χ1n) is 8.38. The summed E-state index contributed by atoms with van der Waals surface area (Å²) >= 11 is 5.89. The fraction of sp³-hybridized carbons (Fsp3) is 0.300. The summed E-state index contributed by atoms with van der Waals surface area (Å²) in [6, 6.07) is 15.0. The van der Waals surface area contributed by atoms with Gasteiger partial charge in [-0.05, 0) is 42.3 Å². The van der Waals surface area contributed by atoms with Gasteiger partial charge in [-0.3, -0.25) is 9.59 Å². The van der Waals surface area contributed by atoms with Crippen LogP contribution in [-0.4, -0.2) is 36.3 Å². The molecule has 2 amide bonds. The molecule has 1 spiro atoms. The third kappa shape index (κ3) is 2.81. The van der Waals surface area contributed by atoms with Gasteiger partial charge < -0.3 is 9.80 Å². The number of amides is 2. The summed E-state index contributed by atoms with van der Waals surface area (Å²) in [5.41, 5.74) is 2.80. The van der Waals surface area contributed by atoms with Crippen LogP contribution < -0.4 is 4.90 Å². The number of para-hydroxylation sites is 1. The predicted molar refractivity (Wildman–Crippen MR) is 98.0 cm³/mol. The minimum atomic E-state index is -0.0396. The van der Waals surface area contributed by atoms with Crippen molar-refractivity contribution in [3.63, 3.8) is 0 Å². The van der Waals surface area contributed by atoms with Gasteiger partial charge in [0, 0.05) is 48.2 Å². The molecule has 1 fully saturated rings. The maximum Gasteiger partial charge on any atom is 0.253 e. The fourth-order valence-electron chi connectivity index (χ4n) is 3.98. The van der Waals surface area contributed by atoms with Gasteiger partial charge in [0.15, 0.2) is 0 Å². The molecule has 0 aliphatic carbocycles. The molecule has 2 aromatic carbocycles. The van der Waals surface area contributed by atoms with Crippen molar-refractivity contribution in [3.05, 3.63) is 64.7 Å². The first-order chi connectivity index (χ1) is 12.0. The standard InChI is InChI=1S/C20H19ClN2O2/c1-14(24)23-13-20(10-16-4-2-3-5-18(16)23)11-22(12-20)19(25)15-6-8-17(21)9-7-15/h2-9H,10-13H2,1H3. The van der Waals surface area contributed by atoms with E-state index < -0.39 is 0 Å². The normalized spacial score (nSPS) is 17.8. The molecule has 4 nitrogen and oxygen atoms in total. The molecule has 2 aliphatic rings. The Hall–Kier alpha value is -2.33. The number of hydrogen-bond donors (Lipinski definition) is 0. The molecule has 5 heteroatoms. The molecule has 4 rings (SSSR count). The number of likely N-dealkylation sites (tertiary alicyclic amines) is 1. The van der Waals surface area contributed by atoms with Gasteiger partial charge in [-0.25, -0.2) is 0 Å². The highest BCUT2D eigenvalue weighted by Gasteiger charge is 2.49. The van der Waals surface area contributed by atoms with Crippen LogP contribution >= 0.6 is 11.6 Å². The van der Waals surface area contributed by atoms with Crippen LogP contribution in [-0.2, 0) is 11.2 Å². The zero-order chi connectivity index (χ0) is 17.6. The van der Waals surface area contributed by atoms with Crippen LogP contribution in [0.5, 0.6) is 0 Å². The third-order valence-corrected chi connectivity index (χ3v) is 5.40. The van der Waals surface area contributed by atoms with E-state index in [2.05, 4.69) is 6.07 Å². The highest BCUT2D eigenvalue weighted by molar-refractivity contribution is 6.30. The van der Waals surface area contributed by atoms with E-state index in [1.807, 2.05) is 28.0 Å². The van der Waals surface area contributed by atoms with Crippen molar-refractivity contribution in [3.8, 4) is 0 Å². The van der Waals surface area contributed by atoms with Crippen LogP contribution in [0.15, 0.2) is 48.5 Å². The fourth-order valence-corrected chi connectivity index (χ4v) is 4.10. The maximum atomic E-state index is 12.6. The average molecular weight is 355 g/mol. The highest BCUT2D eigenvalue weighted by atomic mass is 35.5. The van der Waals surface area contributed by atoms with E-state index in [9.17, 15) is 9.59 Å². The number of hydrogen-bond acceptors (Lipinski definition) is 2. The monoisotopic (exact) mass is 354 g/mol. The van der Waals surface area contributed by atoms with E-state index in [0.29, 0.717) is 30.2 Å². The minimum Gasteiger partial charge on any atom is -0.337 e. The van der Waals surface area contributed by atoms with Crippen LogP contribution in [0.1, 0.15) is 22.8 Å². The molecule has 2 heterocycles. The predicted octanol–water partition coefficient (Wildman–Crippen LogP) is 3.39. The molecule has 2 aromatic rings. The van der Waals surface area contributed by atoms with Gasteiger partial charge in [-0.2, -0.15) is 0 Å². The van der Waals surface area contributed by atoms with Crippen molar-refractivity contribution < 1.29 is 9.59 Å². The number of carbonyl (C=O) groups excluding carboxylic acids is 2. The molecular formula is C20H19ClN2O2. The number of nitrogens with zero attached hydrogens (tertiary/aromatic N) is 2. The van der Waals surface area contributed by atoms with Crippen molar-refractivity contribution in [2.24, 2.45) is 5.41 Å². The summed E-state index contributed by atoms with van der Waals surface area (Å²) in [6.45, 7) is 3.62. The zero-order valence-electron chi connectivity index (χ0n) is 14.0. The molecule has 2 aliphatic heterocycles. The van der Waals surface area contributed by atoms with E-state index in [4.69, 9.17) is 11.6 Å². The summed E-state index contributed by atoms with van der Waals surface area (Å²) in [5.74, 6) is 0.0736. The van der Waals surface area contributed by atoms with Gasteiger partial charge in [0.05, 0.1) is 0 Å². The number of halogens is 1. The van der Waals surface area contributed by atoms with Crippen molar-refractivity contribution in [1.82, 2.24) is 4.90 Å². The Balaban J connectivity index is 1.53. The lowest BCUT2D eigenvalue weighted by molar-refractivity contribution is -0.117. The topological polar surface area (TPSA) is 40.6 Å². The zero-order valence-corrected chi connectivity index (χ0v) is 14.8. The minimum absolute atomic E-state index is 0.0236. The molecule has 128 valence electrons. The van der Waals surface area contributed by atoms with Crippen LogP contribution in [0.3, 0.4) is 0 Å². The molecule has 1 saturated heterocycles. The van der Waals surface area contributed by atoms with Crippen LogP contribution in [0.25, 0.3) is 0 Å². The summed E-state index contributed by atoms with van der Waals surface area (Å²) in [7, 11) is 0. The molecule has 0 aromatic heterocycles. The highest BCUT2D eigenvalue weighted by Crippen LogP contribution is 2.43. The van der Waals surface area contributed by atoms with E-state index in [1.165, 1.54) is 5.56 Å². The molecular weight excluding hydrogens is 336 g/mol. The SMILES string of the molecule is CC(=O)N1CC2(Cc3ccccc31)CN(C(=O)c1ccc(Cl)cc1)C2. The summed E-state index contributed by atoms with van der Waals surface area (Å²) in [6.07, 6.45) is 0.900. The Bertz CT molecular complexity index is 841. The Morgan fingerprint density at radius 2 is 1.68 bits per heavy atom. The largest absolute Gasteiger partial charge is 0.337 e. The van der Waals surface area contributed by atoms with Crippen molar-refractivity contribution in [2.45, 2.75) is 13.3 Å². The number of benzene rings is 2. The van der Waals surface area contributed by atoms with Gasteiger partial charge in [0.2, 0.25) is 5.91 Å².